The number of nitrogens with one attached hydrogen (secondary N) is 2. The number of anilines is 1. The summed E-state index contributed by atoms with van der Waals surface area (Å²) in [6.07, 6.45) is 0. The Morgan fingerprint density at radius 3 is 2.19 bits per heavy atom. The number of H-pyrrole nitrogens is 1. The van der Waals surface area contributed by atoms with E-state index in [1.165, 1.54) is 9.36 Å². The molecule has 0 bridgehead atoms. The third kappa shape index (κ3) is 4.34. The van der Waals surface area contributed by atoms with Crippen molar-refractivity contribution in [2.75, 3.05) is 12.4 Å². The van der Waals surface area contributed by atoms with Gasteiger partial charge >= 0.3 is 17.2 Å². The van der Waals surface area contributed by atoms with Crippen LogP contribution < -0.4 is 20.3 Å². The fourth-order valence-electron chi connectivity index (χ4n) is 3.25. The van der Waals surface area contributed by atoms with E-state index in [4.69, 9.17) is 4.74 Å². The van der Waals surface area contributed by atoms with Crippen LogP contribution in [0.3, 0.4) is 0 Å². The first-order valence-electron chi connectivity index (χ1n) is 9.91. The van der Waals surface area contributed by atoms with Crippen molar-refractivity contribution in [2.45, 2.75) is 6.54 Å². The largest absolute Gasteiger partial charge is 0.497 e. The number of rotatable bonds is 7. The van der Waals surface area contributed by atoms with E-state index < -0.39 is 11.5 Å². The van der Waals surface area contributed by atoms with Crippen LogP contribution in [0.25, 0.3) is 5.69 Å². The summed E-state index contributed by atoms with van der Waals surface area (Å²) in [5.41, 5.74) is 0.770. The lowest BCUT2D eigenvalue weighted by molar-refractivity contribution is -0.743. The van der Waals surface area contributed by atoms with Crippen LogP contribution in [0.2, 0.25) is 0 Å². The number of amides is 1. The standard InChI is InChI=1S/C24H20N4O4/c1-32-20-14-12-17(13-15-20)21(29)16-27-22(23(30)25-18-8-4-2-5-9-18)24(31)28(26-27)19-10-6-3-7-11-19/h2-15H,16H2,1H3,(H-,25,26,30,31)/p+1. The number of Topliss-reactive ketones (excluding diaryl/α,β-unsaturated/α-hetero) is 1. The summed E-state index contributed by atoms with van der Waals surface area (Å²) in [6, 6.07) is 24.3. The predicted molar refractivity (Wildman–Crippen MR) is 118 cm³/mol. The van der Waals surface area contributed by atoms with Crippen molar-refractivity contribution in [3.63, 3.8) is 0 Å². The number of carbonyl (C=O) groups is 2. The summed E-state index contributed by atoms with van der Waals surface area (Å²) in [7, 11) is 1.54. The molecule has 0 aliphatic carbocycles. The fourth-order valence-corrected chi connectivity index (χ4v) is 3.25. The highest BCUT2D eigenvalue weighted by atomic mass is 16.5. The zero-order valence-corrected chi connectivity index (χ0v) is 17.3. The Kier molecular flexibility index (Phi) is 5.94. The molecular weight excluding hydrogens is 408 g/mol. The Morgan fingerprint density at radius 2 is 1.56 bits per heavy atom. The highest BCUT2D eigenvalue weighted by molar-refractivity contribution is 6.02. The predicted octanol–water partition coefficient (Wildman–Crippen LogP) is 2.60. The Hall–Kier alpha value is -4.46. The number of para-hydroxylation sites is 2. The average Bonchev–Trinajstić information content (AvgIpc) is 3.16. The van der Waals surface area contributed by atoms with Gasteiger partial charge < -0.3 is 10.1 Å². The highest BCUT2D eigenvalue weighted by Gasteiger charge is 2.30. The molecule has 0 aliphatic rings. The molecule has 3 aromatic carbocycles. The molecule has 0 atom stereocenters. The van der Waals surface area contributed by atoms with Crippen LogP contribution in [0.5, 0.6) is 5.75 Å². The number of ketones is 1. The molecule has 1 amide bonds. The molecule has 32 heavy (non-hydrogen) atoms. The van der Waals surface area contributed by atoms with Crippen LogP contribution in [0.1, 0.15) is 20.8 Å². The van der Waals surface area contributed by atoms with Gasteiger partial charge in [-0.3, -0.25) is 9.59 Å². The maximum Gasteiger partial charge on any atom is 0.411 e. The number of ether oxygens (including phenoxy) is 1. The van der Waals surface area contributed by atoms with Crippen LogP contribution in [-0.2, 0) is 6.54 Å². The van der Waals surface area contributed by atoms with E-state index in [-0.39, 0.29) is 18.0 Å². The first-order chi connectivity index (χ1) is 15.6. The fraction of sp³-hybridized carbons (Fsp3) is 0.0833. The van der Waals surface area contributed by atoms with E-state index in [0.29, 0.717) is 22.7 Å². The molecule has 4 aromatic rings. The lowest BCUT2D eigenvalue weighted by Gasteiger charge is -2.04. The Bertz CT molecular complexity index is 1290. The number of aromatic amines is 1. The van der Waals surface area contributed by atoms with Crippen molar-refractivity contribution in [2.24, 2.45) is 0 Å². The molecular formula is C24H21N4O4+. The number of hydrogen-bond donors (Lipinski definition) is 2. The van der Waals surface area contributed by atoms with Crippen LogP contribution in [-0.4, -0.2) is 28.7 Å². The third-order valence-electron chi connectivity index (χ3n) is 4.87. The van der Waals surface area contributed by atoms with Gasteiger partial charge in [-0.25, -0.2) is 4.79 Å². The highest BCUT2D eigenvalue weighted by Crippen LogP contribution is 2.12. The van der Waals surface area contributed by atoms with Gasteiger partial charge in [0.1, 0.15) is 5.75 Å². The van der Waals surface area contributed by atoms with E-state index in [2.05, 4.69) is 10.5 Å². The van der Waals surface area contributed by atoms with Crippen molar-refractivity contribution >= 4 is 17.4 Å². The molecule has 2 N–H and O–H groups in total. The van der Waals surface area contributed by atoms with Crippen molar-refractivity contribution in [1.29, 1.82) is 0 Å². The minimum Gasteiger partial charge on any atom is -0.497 e. The summed E-state index contributed by atoms with van der Waals surface area (Å²) < 4.78 is 7.62. The third-order valence-corrected chi connectivity index (χ3v) is 4.87. The van der Waals surface area contributed by atoms with Gasteiger partial charge in [0, 0.05) is 11.3 Å². The first-order valence-corrected chi connectivity index (χ1v) is 9.91. The smallest absolute Gasteiger partial charge is 0.411 e. The minimum absolute atomic E-state index is 0.181. The molecule has 160 valence electrons. The topological polar surface area (TPSA) is 97.1 Å². The van der Waals surface area contributed by atoms with Crippen molar-refractivity contribution in [1.82, 2.24) is 9.90 Å². The maximum absolute atomic E-state index is 13.1. The molecule has 0 spiro atoms. The number of carbonyl (C=O) groups excluding carboxylic acids is 2. The maximum atomic E-state index is 13.1. The van der Waals surface area contributed by atoms with Gasteiger partial charge in [0.25, 0.3) is 0 Å². The van der Waals surface area contributed by atoms with Gasteiger partial charge in [-0.2, -0.15) is 0 Å². The molecule has 8 nitrogen and oxygen atoms in total. The van der Waals surface area contributed by atoms with Gasteiger partial charge in [0.2, 0.25) is 5.78 Å². The van der Waals surface area contributed by atoms with Gasteiger partial charge in [0.15, 0.2) is 12.2 Å². The van der Waals surface area contributed by atoms with Crippen LogP contribution in [0.4, 0.5) is 5.69 Å². The summed E-state index contributed by atoms with van der Waals surface area (Å²) in [5.74, 6) is -0.261. The molecule has 4 rings (SSSR count). The molecule has 8 heteroatoms. The number of aromatic nitrogens is 3. The summed E-state index contributed by atoms with van der Waals surface area (Å²) >= 11 is 0. The Morgan fingerprint density at radius 1 is 0.938 bits per heavy atom. The lowest BCUT2D eigenvalue weighted by atomic mass is 10.1. The molecule has 1 heterocycles. The van der Waals surface area contributed by atoms with Crippen LogP contribution in [0.15, 0.2) is 89.7 Å². The molecule has 1 aromatic heterocycles. The van der Waals surface area contributed by atoms with Gasteiger partial charge in [-0.1, -0.05) is 46.3 Å². The Balaban J connectivity index is 1.71. The van der Waals surface area contributed by atoms with E-state index in [0.717, 1.165) is 0 Å². The van der Waals surface area contributed by atoms with E-state index in [1.54, 1.807) is 79.9 Å². The quantitative estimate of drug-likeness (QED) is 0.349. The van der Waals surface area contributed by atoms with Crippen LogP contribution >= 0.6 is 0 Å². The van der Waals surface area contributed by atoms with E-state index >= 15 is 0 Å². The molecule has 0 radical (unpaired) electrons. The average molecular weight is 429 g/mol. The monoisotopic (exact) mass is 429 g/mol. The zero-order valence-electron chi connectivity index (χ0n) is 17.3. The number of nitrogens with zero attached hydrogens (tertiary/aromatic N) is 2. The van der Waals surface area contributed by atoms with E-state index in [1.807, 2.05) is 12.1 Å². The SMILES string of the molecule is COc1ccc(C(=O)C[n+]2[nH]n(-c3ccccc3)c(=O)c2C(=O)Nc2ccccc2)cc1. The zero-order chi connectivity index (χ0) is 22.5. The second-order valence-electron chi connectivity index (χ2n) is 6.98. The molecule has 0 saturated carbocycles. The number of hydrogen-bond acceptors (Lipinski definition) is 4. The summed E-state index contributed by atoms with van der Waals surface area (Å²) in [4.78, 5) is 39.0. The number of benzene rings is 3. The van der Waals surface area contributed by atoms with Crippen molar-refractivity contribution < 1.29 is 19.0 Å². The normalized spacial score (nSPS) is 10.5. The van der Waals surface area contributed by atoms with E-state index in [9.17, 15) is 14.4 Å². The van der Waals surface area contributed by atoms with Gasteiger partial charge in [-0.05, 0) is 48.5 Å². The van der Waals surface area contributed by atoms with Crippen molar-refractivity contribution in [3.8, 4) is 11.4 Å². The lowest BCUT2D eigenvalue weighted by Crippen LogP contribution is -2.47. The molecule has 0 saturated heterocycles. The van der Waals surface area contributed by atoms with Crippen LogP contribution in [0, 0.1) is 0 Å². The number of methoxy groups -OCH3 is 1. The molecule has 0 unspecified atom stereocenters. The Labute approximate surface area is 183 Å². The minimum atomic E-state index is -0.616. The van der Waals surface area contributed by atoms with Gasteiger partial charge in [0.05, 0.1) is 7.11 Å². The second-order valence-corrected chi connectivity index (χ2v) is 6.98. The molecule has 0 aliphatic heterocycles. The second kappa shape index (κ2) is 9.13. The first kappa shape index (κ1) is 20.8. The summed E-state index contributed by atoms with van der Waals surface area (Å²) in [6.45, 7) is -0.223. The van der Waals surface area contributed by atoms with Crippen molar-refractivity contribution in [3.05, 3.63) is 107 Å². The van der Waals surface area contributed by atoms with Gasteiger partial charge in [-0.15, -0.1) is 4.68 Å². The molecule has 0 fully saturated rings. The summed E-state index contributed by atoms with van der Waals surface area (Å²) in [5, 5.41) is 5.58.